The predicted octanol–water partition coefficient (Wildman–Crippen LogP) is 3.71. The minimum Gasteiger partial charge on any atom is -0.490 e. The van der Waals surface area contributed by atoms with Gasteiger partial charge in [-0.3, -0.25) is 9.89 Å². The molecule has 6 nitrogen and oxygen atoms in total. The topological polar surface area (TPSA) is 62.0 Å². The Balaban J connectivity index is 1.33. The van der Waals surface area contributed by atoms with Gasteiger partial charge in [-0.1, -0.05) is 18.2 Å². The predicted molar refractivity (Wildman–Crippen MR) is 115 cm³/mol. The Morgan fingerprint density at radius 2 is 1.97 bits per heavy atom. The minimum atomic E-state index is 0.222. The number of furan rings is 1. The second-order valence-electron chi connectivity index (χ2n) is 7.86. The van der Waals surface area contributed by atoms with Crippen molar-refractivity contribution in [1.82, 2.24) is 15.5 Å². The monoisotopic (exact) mass is 396 g/mol. The fourth-order valence-corrected chi connectivity index (χ4v) is 3.97. The van der Waals surface area contributed by atoms with Gasteiger partial charge in [0.15, 0.2) is 5.96 Å². The van der Waals surface area contributed by atoms with E-state index < -0.39 is 0 Å². The van der Waals surface area contributed by atoms with E-state index in [1.165, 1.54) is 19.3 Å². The lowest BCUT2D eigenvalue weighted by atomic mass is 9.96. The molecule has 0 spiro atoms. The van der Waals surface area contributed by atoms with Crippen LogP contribution < -0.4 is 15.4 Å². The fraction of sp³-hybridized carbons (Fsp3) is 0.522. The molecule has 2 aromatic rings. The highest BCUT2D eigenvalue weighted by atomic mass is 16.5. The number of aliphatic imine (C=N–C) groups is 1. The van der Waals surface area contributed by atoms with Crippen LogP contribution in [0.2, 0.25) is 0 Å². The van der Waals surface area contributed by atoms with Crippen LogP contribution in [-0.4, -0.2) is 43.6 Å². The number of hydrogen-bond donors (Lipinski definition) is 2. The number of guanidine groups is 1. The number of nitrogens with zero attached hydrogens (tertiary/aromatic N) is 2. The summed E-state index contributed by atoms with van der Waals surface area (Å²) in [4.78, 5) is 6.89. The SMILES string of the molecule is CN=C(NCc1ccccc1OC1CCC1)NCC(c1ccco1)N1CCCC1. The Kier molecular flexibility index (Phi) is 6.72. The highest BCUT2D eigenvalue weighted by Crippen LogP contribution is 2.27. The van der Waals surface area contributed by atoms with Gasteiger partial charge < -0.3 is 19.8 Å². The first kappa shape index (κ1) is 19.8. The molecule has 2 N–H and O–H groups in total. The van der Waals surface area contributed by atoms with E-state index in [4.69, 9.17) is 9.15 Å². The van der Waals surface area contributed by atoms with Crippen LogP contribution in [0.15, 0.2) is 52.1 Å². The first-order chi connectivity index (χ1) is 14.3. The number of para-hydroxylation sites is 1. The summed E-state index contributed by atoms with van der Waals surface area (Å²) < 4.78 is 11.9. The van der Waals surface area contributed by atoms with Crippen LogP contribution in [0.25, 0.3) is 0 Å². The molecule has 29 heavy (non-hydrogen) atoms. The van der Waals surface area contributed by atoms with E-state index in [9.17, 15) is 0 Å². The number of benzene rings is 1. The summed E-state index contributed by atoms with van der Waals surface area (Å²) in [6, 6.07) is 12.5. The van der Waals surface area contributed by atoms with Gasteiger partial charge in [0.05, 0.1) is 18.4 Å². The molecular formula is C23H32N4O2. The summed E-state index contributed by atoms with van der Waals surface area (Å²) in [5, 5.41) is 6.92. The van der Waals surface area contributed by atoms with Crippen LogP contribution in [0, 0.1) is 0 Å². The molecule has 1 saturated carbocycles. The number of nitrogens with one attached hydrogen (secondary N) is 2. The zero-order valence-corrected chi connectivity index (χ0v) is 17.3. The molecular weight excluding hydrogens is 364 g/mol. The van der Waals surface area contributed by atoms with E-state index in [1.54, 1.807) is 6.26 Å². The van der Waals surface area contributed by atoms with Gasteiger partial charge in [-0.25, -0.2) is 0 Å². The van der Waals surface area contributed by atoms with Gasteiger partial charge in [-0.15, -0.1) is 0 Å². The van der Waals surface area contributed by atoms with Gasteiger partial charge in [0.2, 0.25) is 0 Å². The minimum absolute atomic E-state index is 0.222. The molecule has 0 amide bonds. The largest absolute Gasteiger partial charge is 0.490 e. The van der Waals surface area contributed by atoms with Crippen molar-refractivity contribution in [3.8, 4) is 5.75 Å². The molecule has 1 unspecified atom stereocenters. The molecule has 1 aromatic carbocycles. The summed E-state index contributed by atoms with van der Waals surface area (Å²) in [6.07, 6.45) is 8.23. The van der Waals surface area contributed by atoms with E-state index in [1.807, 2.05) is 19.2 Å². The van der Waals surface area contributed by atoms with Crippen molar-refractivity contribution in [3.05, 3.63) is 54.0 Å². The Morgan fingerprint density at radius 1 is 1.14 bits per heavy atom. The van der Waals surface area contributed by atoms with Gasteiger partial charge in [0.25, 0.3) is 0 Å². The van der Waals surface area contributed by atoms with Crippen molar-refractivity contribution >= 4 is 5.96 Å². The molecule has 1 atom stereocenters. The third kappa shape index (κ3) is 5.12. The molecule has 0 bridgehead atoms. The van der Waals surface area contributed by atoms with Gasteiger partial charge >= 0.3 is 0 Å². The molecule has 156 valence electrons. The van der Waals surface area contributed by atoms with E-state index in [0.717, 1.165) is 55.5 Å². The lowest BCUT2D eigenvalue weighted by molar-refractivity contribution is 0.119. The van der Waals surface area contributed by atoms with Crippen molar-refractivity contribution in [1.29, 1.82) is 0 Å². The maximum atomic E-state index is 6.14. The molecule has 1 saturated heterocycles. The van der Waals surface area contributed by atoms with Crippen LogP contribution in [0.3, 0.4) is 0 Å². The average molecular weight is 397 g/mol. The summed E-state index contributed by atoms with van der Waals surface area (Å²) in [5.74, 6) is 2.78. The maximum Gasteiger partial charge on any atom is 0.191 e. The smallest absolute Gasteiger partial charge is 0.191 e. The number of rotatable bonds is 8. The third-order valence-corrected chi connectivity index (χ3v) is 5.90. The number of likely N-dealkylation sites (tertiary alicyclic amines) is 1. The van der Waals surface area contributed by atoms with Crippen molar-refractivity contribution in [2.45, 2.75) is 50.8 Å². The summed E-state index contributed by atoms with van der Waals surface area (Å²) in [6.45, 7) is 3.67. The lowest BCUT2D eigenvalue weighted by Gasteiger charge is -2.28. The van der Waals surface area contributed by atoms with Gasteiger partial charge in [-0.2, -0.15) is 0 Å². The molecule has 1 aliphatic carbocycles. The number of hydrogen-bond acceptors (Lipinski definition) is 4. The van der Waals surface area contributed by atoms with Crippen LogP contribution >= 0.6 is 0 Å². The highest BCUT2D eigenvalue weighted by Gasteiger charge is 2.25. The highest BCUT2D eigenvalue weighted by molar-refractivity contribution is 5.79. The van der Waals surface area contributed by atoms with Gasteiger partial charge in [-0.05, 0) is 63.4 Å². The van der Waals surface area contributed by atoms with Crippen molar-refractivity contribution in [3.63, 3.8) is 0 Å². The van der Waals surface area contributed by atoms with E-state index in [2.05, 4.69) is 44.8 Å². The first-order valence-corrected chi connectivity index (χ1v) is 10.8. The zero-order valence-electron chi connectivity index (χ0n) is 17.3. The molecule has 2 heterocycles. The average Bonchev–Trinajstić information content (AvgIpc) is 3.43. The molecule has 6 heteroatoms. The Morgan fingerprint density at radius 3 is 2.66 bits per heavy atom. The van der Waals surface area contributed by atoms with Crippen LogP contribution in [0.5, 0.6) is 5.75 Å². The Bertz CT molecular complexity index is 780. The normalized spacial score (nSPS) is 19.0. The second kappa shape index (κ2) is 9.83. The zero-order chi connectivity index (χ0) is 19.9. The molecule has 2 aliphatic rings. The first-order valence-electron chi connectivity index (χ1n) is 10.8. The molecule has 1 aliphatic heterocycles. The Hall–Kier alpha value is -2.47. The summed E-state index contributed by atoms with van der Waals surface area (Å²) in [7, 11) is 1.81. The van der Waals surface area contributed by atoms with Crippen molar-refractivity contribution in [2.75, 3.05) is 26.7 Å². The number of ether oxygens (including phenoxy) is 1. The van der Waals surface area contributed by atoms with E-state index >= 15 is 0 Å². The van der Waals surface area contributed by atoms with Crippen LogP contribution in [0.1, 0.15) is 49.5 Å². The van der Waals surface area contributed by atoms with E-state index in [-0.39, 0.29) is 6.04 Å². The quantitative estimate of drug-likeness (QED) is 0.526. The fourth-order valence-electron chi connectivity index (χ4n) is 3.97. The van der Waals surface area contributed by atoms with Crippen LogP contribution in [0.4, 0.5) is 0 Å². The second-order valence-corrected chi connectivity index (χ2v) is 7.86. The van der Waals surface area contributed by atoms with Gasteiger partial charge in [0.1, 0.15) is 11.5 Å². The Labute approximate surface area is 173 Å². The standard InChI is InChI=1S/C23H32N4O2/c1-24-23(25-16-18-8-2-3-11-21(18)29-19-9-6-10-19)26-17-20(22-12-7-15-28-22)27-13-4-5-14-27/h2-3,7-8,11-12,15,19-20H,4-6,9-10,13-14,16-17H2,1H3,(H2,24,25,26). The lowest BCUT2D eigenvalue weighted by Crippen LogP contribution is -2.42. The summed E-state index contributed by atoms with van der Waals surface area (Å²) >= 11 is 0. The molecule has 4 rings (SSSR count). The molecule has 1 aromatic heterocycles. The third-order valence-electron chi connectivity index (χ3n) is 5.90. The molecule has 2 fully saturated rings. The van der Waals surface area contributed by atoms with Gasteiger partial charge in [0, 0.05) is 25.7 Å². The van der Waals surface area contributed by atoms with Crippen molar-refractivity contribution in [2.24, 2.45) is 4.99 Å². The van der Waals surface area contributed by atoms with E-state index in [0.29, 0.717) is 12.6 Å². The maximum absolute atomic E-state index is 6.14. The van der Waals surface area contributed by atoms with Crippen molar-refractivity contribution < 1.29 is 9.15 Å². The molecule has 0 radical (unpaired) electrons. The summed E-state index contributed by atoms with van der Waals surface area (Å²) in [5.41, 5.74) is 1.16. The van der Waals surface area contributed by atoms with Crippen LogP contribution in [-0.2, 0) is 6.54 Å².